The van der Waals surface area contributed by atoms with Gasteiger partial charge in [-0.2, -0.15) is 0 Å². The number of fused-ring (bicyclic) bond motifs is 1. The highest BCUT2D eigenvalue weighted by Gasteiger charge is 2.11. The summed E-state index contributed by atoms with van der Waals surface area (Å²) in [4.78, 5) is 28.1. The van der Waals surface area contributed by atoms with Gasteiger partial charge < -0.3 is 10.1 Å². The molecule has 1 N–H and O–H groups in total. The summed E-state index contributed by atoms with van der Waals surface area (Å²) in [6.07, 6.45) is 7.85. The Bertz CT molecular complexity index is 848. The van der Waals surface area contributed by atoms with Crippen molar-refractivity contribution < 1.29 is 14.3 Å². The van der Waals surface area contributed by atoms with E-state index in [4.69, 9.17) is 16.3 Å². The van der Waals surface area contributed by atoms with Crippen LogP contribution in [0.25, 0.3) is 10.9 Å². The summed E-state index contributed by atoms with van der Waals surface area (Å²) >= 11 is 5.85. The fraction of sp³-hybridized carbons (Fsp3) is 0.350. The van der Waals surface area contributed by atoms with Gasteiger partial charge in [0.1, 0.15) is 5.15 Å². The van der Waals surface area contributed by atoms with Crippen molar-refractivity contribution >= 4 is 34.4 Å². The summed E-state index contributed by atoms with van der Waals surface area (Å²) in [7, 11) is 0. The van der Waals surface area contributed by atoms with Crippen molar-refractivity contribution in [3.05, 3.63) is 52.7 Å². The summed E-state index contributed by atoms with van der Waals surface area (Å²) in [5.74, 6) is -0.823. The molecule has 1 amide bonds. The number of benzene rings is 1. The summed E-state index contributed by atoms with van der Waals surface area (Å²) in [6, 6.07) is 8.44. The number of hydrogen-bond donors (Lipinski definition) is 1. The number of aromatic nitrogens is 1. The number of nitrogens with one attached hydrogen (secondary N) is 1. The zero-order valence-electron chi connectivity index (χ0n) is 14.5. The zero-order valence-corrected chi connectivity index (χ0v) is 15.2. The second kappa shape index (κ2) is 8.81. The Morgan fingerprint density at radius 3 is 2.88 bits per heavy atom. The molecule has 1 aromatic carbocycles. The summed E-state index contributed by atoms with van der Waals surface area (Å²) < 4.78 is 5.09. The van der Waals surface area contributed by atoms with Gasteiger partial charge >= 0.3 is 5.97 Å². The van der Waals surface area contributed by atoms with Crippen LogP contribution in [-0.2, 0) is 9.53 Å². The molecule has 0 atom stereocenters. The largest absolute Gasteiger partial charge is 0.452 e. The molecule has 1 aliphatic carbocycles. The minimum Gasteiger partial charge on any atom is -0.452 e. The van der Waals surface area contributed by atoms with Crippen LogP contribution < -0.4 is 5.32 Å². The van der Waals surface area contributed by atoms with Crippen molar-refractivity contribution in [3.63, 3.8) is 0 Å². The van der Waals surface area contributed by atoms with E-state index < -0.39 is 5.97 Å². The van der Waals surface area contributed by atoms with Gasteiger partial charge in [0, 0.05) is 11.9 Å². The van der Waals surface area contributed by atoms with E-state index in [0.29, 0.717) is 22.8 Å². The molecular weight excluding hydrogens is 352 g/mol. The lowest BCUT2D eigenvalue weighted by atomic mass is 9.97. The third-order valence-corrected chi connectivity index (χ3v) is 4.59. The first kappa shape index (κ1) is 18.4. The van der Waals surface area contributed by atoms with Gasteiger partial charge in [0.05, 0.1) is 11.1 Å². The van der Waals surface area contributed by atoms with E-state index in [2.05, 4.69) is 16.4 Å². The molecule has 26 heavy (non-hydrogen) atoms. The third kappa shape index (κ3) is 5.05. The Morgan fingerprint density at radius 2 is 2.08 bits per heavy atom. The summed E-state index contributed by atoms with van der Waals surface area (Å²) in [6.45, 7) is 0.291. The highest BCUT2D eigenvalue weighted by Crippen LogP contribution is 2.19. The van der Waals surface area contributed by atoms with Crippen molar-refractivity contribution in [2.24, 2.45) is 0 Å². The smallest absolute Gasteiger partial charge is 0.338 e. The predicted octanol–water partition coefficient (Wildman–Crippen LogP) is 4.05. The number of nitrogens with zero attached hydrogens (tertiary/aromatic N) is 1. The number of pyridine rings is 1. The lowest BCUT2D eigenvalue weighted by Gasteiger charge is -2.13. The fourth-order valence-electron chi connectivity index (χ4n) is 2.99. The maximum Gasteiger partial charge on any atom is 0.338 e. The molecule has 136 valence electrons. The first-order valence-corrected chi connectivity index (χ1v) is 9.18. The van der Waals surface area contributed by atoms with Crippen molar-refractivity contribution in [1.29, 1.82) is 0 Å². The maximum absolute atomic E-state index is 12.1. The van der Waals surface area contributed by atoms with Crippen LogP contribution >= 0.6 is 11.6 Å². The van der Waals surface area contributed by atoms with E-state index >= 15 is 0 Å². The zero-order chi connectivity index (χ0) is 18.4. The topological polar surface area (TPSA) is 68.3 Å². The molecule has 0 bridgehead atoms. The number of halogens is 1. The Labute approximate surface area is 157 Å². The van der Waals surface area contributed by atoms with Gasteiger partial charge in [-0.3, -0.25) is 4.79 Å². The minimum absolute atomic E-state index is 0.283. The van der Waals surface area contributed by atoms with Gasteiger partial charge in [0.25, 0.3) is 5.91 Å². The molecule has 0 saturated carbocycles. The minimum atomic E-state index is -0.535. The second-order valence-corrected chi connectivity index (χ2v) is 6.71. The molecule has 0 unspecified atom stereocenters. The molecule has 1 heterocycles. The number of ether oxygens (including phenoxy) is 1. The normalized spacial score (nSPS) is 14.0. The molecule has 1 aromatic heterocycles. The fourth-order valence-corrected chi connectivity index (χ4v) is 3.14. The molecule has 0 spiro atoms. The van der Waals surface area contributed by atoms with Gasteiger partial charge in [0.2, 0.25) is 0 Å². The quantitative estimate of drug-likeness (QED) is 0.472. The van der Waals surface area contributed by atoms with Gasteiger partial charge in [-0.25, -0.2) is 9.78 Å². The number of rotatable bonds is 6. The summed E-state index contributed by atoms with van der Waals surface area (Å²) in [5, 5.41) is 3.97. The molecule has 0 fully saturated rings. The number of allylic oxidation sites excluding steroid dienone is 1. The first-order valence-electron chi connectivity index (χ1n) is 8.80. The van der Waals surface area contributed by atoms with E-state index in [1.165, 1.54) is 18.4 Å². The Balaban J connectivity index is 1.46. The van der Waals surface area contributed by atoms with Crippen LogP contribution in [0.2, 0.25) is 5.15 Å². The van der Waals surface area contributed by atoms with Gasteiger partial charge in [-0.1, -0.05) is 23.3 Å². The van der Waals surface area contributed by atoms with Gasteiger partial charge in [0.15, 0.2) is 6.61 Å². The molecular formula is C20H21ClN2O3. The van der Waals surface area contributed by atoms with Crippen LogP contribution in [0.3, 0.4) is 0 Å². The predicted molar refractivity (Wildman–Crippen MR) is 101 cm³/mol. The average molecular weight is 373 g/mol. The van der Waals surface area contributed by atoms with E-state index in [9.17, 15) is 9.59 Å². The monoisotopic (exact) mass is 372 g/mol. The van der Waals surface area contributed by atoms with Gasteiger partial charge in [-0.15, -0.1) is 0 Å². The Kier molecular flexibility index (Phi) is 6.23. The molecule has 3 rings (SSSR count). The van der Waals surface area contributed by atoms with Crippen molar-refractivity contribution in [2.45, 2.75) is 32.1 Å². The van der Waals surface area contributed by atoms with Crippen LogP contribution in [0.15, 0.2) is 42.0 Å². The highest BCUT2D eigenvalue weighted by molar-refractivity contribution is 6.29. The molecule has 0 aliphatic heterocycles. The van der Waals surface area contributed by atoms with Gasteiger partial charge in [-0.05, 0) is 62.4 Å². The third-order valence-electron chi connectivity index (χ3n) is 4.38. The lowest BCUT2D eigenvalue weighted by molar-refractivity contribution is -0.124. The maximum atomic E-state index is 12.1. The van der Waals surface area contributed by atoms with E-state index in [1.807, 2.05) is 0 Å². The number of carbonyl (C=O) groups excluding carboxylic acids is 2. The van der Waals surface area contributed by atoms with Crippen LogP contribution in [0, 0.1) is 0 Å². The number of hydrogen-bond acceptors (Lipinski definition) is 4. The van der Waals surface area contributed by atoms with E-state index in [1.54, 1.807) is 30.3 Å². The standard InChI is InChI=1S/C20H21ClN2O3/c21-18-9-7-15-12-16(6-8-17(15)23-18)20(25)26-13-19(24)22-11-10-14-4-2-1-3-5-14/h4,6-9,12H,1-3,5,10-11,13H2,(H,22,24). The Hall–Kier alpha value is -2.40. The van der Waals surface area contributed by atoms with Crippen molar-refractivity contribution in [2.75, 3.05) is 13.2 Å². The Morgan fingerprint density at radius 1 is 1.19 bits per heavy atom. The molecule has 2 aromatic rings. The molecule has 6 heteroatoms. The average Bonchev–Trinajstić information content (AvgIpc) is 2.66. The molecule has 0 saturated heterocycles. The molecule has 5 nitrogen and oxygen atoms in total. The van der Waals surface area contributed by atoms with Crippen LogP contribution in [0.1, 0.15) is 42.5 Å². The SMILES string of the molecule is O=C(COC(=O)c1ccc2nc(Cl)ccc2c1)NCCC1=CCCCC1. The second-order valence-electron chi connectivity index (χ2n) is 6.33. The first-order chi connectivity index (χ1) is 12.6. The van der Waals surface area contributed by atoms with Crippen LogP contribution in [0.5, 0.6) is 0 Å². The lowest BCUT2D eigenvalue weighted by Crippen LogP contribution is -2.29. The summed E-state index contributed by atoms with van der Waals surface area (Å²) in [5.41, 5.74) is 2.48. The van der Waals surface area contributed by atoms with Crippen LogP contribution in [0.4, 0.5) is 0 Å². The van der Waals surface area contributed by atoms with Crippen LogP contribution in [-0.4, -0.2) is 30.0 Å². The van der Waals surface area contributed by atoms with E-state index in [-0.39, 0.29) is 12.5 Å². The molecule has 0 radical (unpaired) electrons. The number of carbonyl (C=O) groups is 2. The molecule has 1 aliphatic rings. The number of esters is 1. The van der Waals surface area contributed by atoms with Crippen molar-refractivity contribution in [1.82, 2.24) is 10.3 Å². The highest BCUT2D eigenvalue weighted by atomic mass is 35.5. The van der Waals surface area contributed by atoms with E-state index in [0.717, 1.165) is 24.6 Å². The van der Waals surface area contributed by atoms with Crippen molar-refractivity contribution in [3.8, 4) is 0 Å². The number of amides is 1.